The minimum Gasteiger partial charge on any atom is -0.378 e. The van der Waals surface area contributed by atoms with Crippen LogP contribution in [0.3, 0.4) is 0 Å². The molecule has 2 N–H and O–H groups in total. The largest absolute Gasteiger partial charge is 0.378 e. The van der Waals surface area contributed by atoms with Crippen molar-refractivity contribution in [3.63, 3.8) is 0 Å². The molecule has 1 fully saturated rings. The second kappa shape index (κ2) is 9.93. The molecule has 3 heteroatoms. The number of ether oxygens (including phenoxy) is 1. The molecule has 0 unspecified atom stereocenters. The standard InChI is InChI=1S/C24H42N2O/c1-7-23(4)19-24(15-17-27-23,13-12-20(2)3)14-16-25-18-21-8-10-22(11-9-21)26(5)6/h8-11,20,25H,7,12-19H2,1-6H3/p+1/t23-,24+/m0/s1. The van der Waals surface area contributed by atoms with Gasteiger partial charge in [-0.1, -0.05) is 39.3 Å². The Morgan fingerprint density at radius 1 is 1.15 bits per heavy atom. The van der Waals surface area contributed by atoms with Crippen LogP contribution in [0.15, 0.2) is 24.3 Å². The van der Waals surface area contributed by atoms with Crippen LogP contribution in [0.1, 0.15) is 71.8 Å². The normalized spacial score (nSPS) is 25.7. The van der Waals surface area contributed by atoms with E-state index < -0.39 is 0 Å². The molecule has 0 radical (unpaired) electrons. The fraction of sp³-hybridized carbons (Fsp3) is 0.750. The maximum Gasteiger partial charge on any atom is 0.101 e. The Morgan fingerprint density at radius 3 is 2.44 bits per heavy atom. The van der Waals surface area contributed by atoms with E-state index in [4.69, 9.17) is 4.74 Å². The molecule has 1 heterocycles. The lowest BCUT2D eigenvalue weighted by molar-refractivity contribution is -0.672. The lowest BCUT2D eigenvalue weighted by Gasteiger charge is -2.46. The van der Waals surface area contributed by atoms with Crippen molar-refractivity contribution in [2.75, 3.05) is 32.1 Å². The lowest BCUT2D eigenvalue weighted by atomic mass is 9.67. The highest BCUT2D eigenvalue weighted by Crippen LogP contribution is 2.46. The Hall–Kier alpha value is -1.06. The van der Waals surface area contributed by atoms with Gasteiger partial charge in [-0.25, -0.2) is 0 Å². The van der Waals surface area contributed by atoms with Crippen LogP contribution in [0.4, 0.5) is 5.69 Å². The van der Waals surface area contributed by atoms with Gasteiger partial charge in [0.2, 0.25) is 0 Å². The Morgan fingerprint density at radius 2 is 1.85 bits per heavy atom. The average molecular weight is 376 g/mol. The third kappa shape index (κ3) is 6.80. The number of hydrogen-bond acceptors (Lipinski definition) is 2. The molecule has 3 nitrogen and oxygen atoms in total. The first-order valence-electron chi connectivity index (χ1n) is 11.0. The summed E-state index contributed by atoms with van der Waals surface area (Å²) >= 11 is 0. The minimum atomic E-state index is 0.0806. The van der Waals surface area contributed by atoms with Gasteiger partial charge in [0.05, 0.1) is 12.1 Å². The second-order valence-corrected chi connectivity index (χ2v) is 9.60. The topological polar surface area (TPSA) is 29.1 Å². The zero-order valence-corrected chi connectivity index (χ0v) is 18.7. The Balaban J connectivity index is 1.89. The van der Waals surface area contributed by atoms with Gasteiger partial charge in [0.1, 0.15) is 6.54 Å². The van der Waals surface area contributed by atoms with Crippen molar-refractivity contribution in [3.05, 3.63) is 29.8 Å². The third-order valence-corrected chi connectivity index (χ3v) is 6.54. The monoisotopic (exact) mass is 375 g/mol. The average Bonchev–Trinajstić information content (AvgIpc) is 2.64. The number of nitrogens with zero attached hydrogens (tertiary/aromatic N) is 1. The highest BCUT2D eigenvalue weighted by molar-refractivity contribution is 5.45. The molecule has 1 saturated heterocycles. The molecule has 1 aliphatic rings. The van der Waals surface area contributed by atoms with Crippen LogP contribution in [-0.2, 0) is 11.3 Å². The van der Waals surface area contributed by atoms with Crippen molar-refractivity contribution in [3.8, 4) is 0 Å². The van der Waals surface area contributed by atoms with Crippen LogP contribution < -0.4 is 10.2 Å². The number of quaternary nitrogens is 1. The molecule has 1 aromatic rings. The van der Waals surface area contributed by atoms with E-state index in [1.165, 1.54) is 49.9 Å². The highest BCUT2D eigenvalue weighted by atomic mass is 16.5. The van der Waals surface area contributed by atoms with Gasteiger partial charge in [-0.15, -0.1) is 0 Å². The Bertz CT molecular complexity index is 554. The maximum atomic E-state index is 6.17. The maximum absolute atomic E-state index is 6.17. The molecule has 2 atom stereocenters. The van der Waals surface area contributed by atoms with Gasteiger partial charge in [0.15, 0.2) is 0 Å². The molecule has 0 aromatic heterocycles. The second-order valence-electron chi connectivity index (χ2n) is 9.60. The van der Waals surface area contributed by atoms with E-state index in [0.717, 1.165) is 25.5 Å². The molecule has 1 aliphatic heterocycles. The van der Waals surface area contributed by atoms with Gasteiger partial charge in [0.25, 0.3) is 0 Å². The van der Waals surface area contributed by atoms with Crippen molar-refractivity contribution < 1.29 is 10.1 Å². The highest BCUT2D eigenvalue weighted by Gasteiger charge is 2.42. The van der Waals surface area contributed by atoms with E-state index >= 15 is 0 Å². The number of benzene rings is 1. The predicted molar refractivity (Wildman–Crippen MR) is 116 cm³/mol. The molecule has 0 saturated carbocycles. The molecule has 154 valence electrons. The minimum absolute atomic E-state index is 0.0806. The van der Waals surface area contributed by atoms with Gasteiger partial charge < -0.3 is 15.0 Å². The zero-order valence-electron chi connectivity index (χ0n) is 18.7. The van der Waals surface area contributed by atoms with Crippen LogP contribution in [0.5, 0.6) is 0 Å². The summed E-state index contributed by atoms with van der Waals surface area (Å²) in [6, 6.07) is 8.98. The van der Waals surface area contributed by atoms with Crippen LogP contribution in [-0.4, -0.2) is 32.8 Å². The number of rotatable bonds is 10. The molecule has 27 heavy (non-hydrogen) atoms. The number of nitrogens with two attached hydrogens (primary N) is 1. The summed E-state index contributed by atoms with van der Waals surface area (Å²) in [6.45, 7) is 12.6. The van der Waals surface area contributed by atoms with Crippen molar-refractivity contribution >= 4 is 5.69 Å². The first-order chi connectivity index (χ1) is 12.8. The smallest absolute Gasteiger partial charge is 0.101 e. The van der Waals surface area contributed by atoms with Gasteiger partial charge >= 0.3 is 0 Å². The summed E-state index contributed by atoms with van der Waals surface area (Å²) in [4.78, 5) is 2.15. The first kappa shape index (κ1) is 22.2. The first-order valence-corrected chi connectivity index (χ1v) is 11.0. The molecule has 0 amide bonds. The summed E-state index contributed by atoms with van der Waals surface area (Å²) in [7, 11) is 4.19. The molecule has 0 aliphatic carbocycles. The Kier molecular flexibility index (Phi) is 8.18. The van der Waals surface area contributed by atoms with E-state index in [9.17, 15) is 0 Å². The quantitative estimate of drug-likeness (QED) is 0.605. The van der Waals surface area contributed by atoms with Crippen molar-refractivity contribution in [2.24, 2.45) is 11.3 Å². The van der Waals surface area contributed by atoms with E-state index in [-0.39, 0.29) is 5.60 Å². The van der Waals surface area contributed by atoms with Gasteiger partial charge in [-0.3, -0.25) is 0 Å². The number of hydrogen-bond donors (Lipinski definition) is 1. The van der Waals surface area contributed by atoms with Crippen molar-refractivity contribution in [1.82, 2.24) is 0 Å². The summed E-state index contributed by atoms with van der Waals surface area (Å²) in [5.74, 6) is 0.789. The molecular weight excluding hydrogens is 332 g/mol. The van der Waals surface area contributed by atoms with E-state index in [1.54, 1.807) is 0 Å². The Labute approximate surface area is 167 Å². The van der Waals surface area contributed by atoms with Crippen LogP contribution in [0.25, 0.3) is 0 Å². The summed E-state index contributed by atoms with van der Waals surface area (Å²) in [5.41, 5.74) is 3.24. The molecule has 0 spiro atoms. The molecule has 2 rings (SSSR count). The van der Waals surface area contributed by atoms with Crippen LogP contribution in [0.2, 0.25) is 0 Å². The van der Waals surface area contributed by atoms with Gasteiger partial charge in [-0.2, -0.15) is 0 Å². The van der Waals surface area contributed by atoms with Gasteiger partial charge in [0, 0.05) is 38.4 Å². The van der Waals surface area contributed by atoms with Crippen molar-refractivity contribution in [2.45, 2.75) is 78.4 Å². The predicted octanol–water partition coefficient (Wildman–Crippen LogP) is 4.61. The van der Waals surface area contributed by atoms with E-state index in [2.05, 4.69) is 76.3 Å². The summed E-state index contributed by atoms with van der Waals surface area (Å²) < 4.78 is 6.17. The van der Waals surface area contributed by atoms with Crippen molar-refractivity contribution in [1.29, 1.82) is 0 Å². The summed E-state index contributed by atoms with van der Waals surface area (Å²) in [6.07, 6.45) is 7.60. The van der Waals surface area contributed by atoms with Gasteiger partial charge in [-0.05, 0) is 56.1 Å². The van der Waals surface area contributed by atoms with Crippen LogP contribution >= 0.6 is 0 Å². The summed E-state index contributed by atoms with van der Waals surface area (Å²) in [5, 5.41) is 2.50. The fourth-order valence-corrected chi connectivity index (χ4v) is 4.43. The van der Waals surface area contributed by atoms with E-state index in [0.29, 0.717) is 5.41 Å². The molecular formula is C24H43N2O+. The number of anilines is 1. The SMILES string of the molecule is CC[C@@]1(C)C[C@@](CC[NH2+]Cc2ccc(N(C)C)cc2)(CCC(C)C)CCO1. The lowest BCUT2D eigenvalue weighted by Crippen LogP contribution is -2.83. The third-order valence-electron chi connectivity index (χ3n) is 6.54. The fourth-order valence-electron chi connectivity index (χ4n) is 4.43. The molecule has 0 bridgehead atoms. The van der Waals surface area contributed by atoms with E-state index in [1.807, 2.05) is 0 Å². The molecule has 1 aromatic carbocycles. The zero-order chi connectivity index (χ0) is 19.9. The van der Waals surface area contributed by atoms with Crippen LogP contribution in [0, 0.1) is 11.3 Å².